The van der Waals surface area contributed by atoms with Gasteiger partial charge in [0.2, 0.25) is 11.0 Å². The highest BCUT2D eigenvalue weighted by Gasteiger charge is 2.09. The van der Waals surface area contributed by atoms with Crippen LogP contribution < -0.4 is 10.6 Å². The topological polar surface area (TPSA) is 66.9 Å². The molecule has 28 heavy (non-hydrogen) atoms. The molecular formula is C21H24N4OS2. The maximum Gasteiger partial charge on any atom is 0.234 e. The normalized spacial score (nSPS) is 10.6. The summed E-state index contributed by atoms with van der Waals surface area (Å²) in [5.74, 6) is 0.256. The lowest BCUT2D eigenvalue weighted by Gasteiger charge is -2.06. The molecule has 3 aromatic rings. The zero-order valence-corrected chi connectivity index (χ0v) is 17.7. The van der Waals surface area contributed by atoms with Crippen LogP contribution >= 0.6 is 23.1 Å². The van der Waals surface area contributed by atoms with Crippen LogP contribution in [0.4, 0.5) is 16.5 Å². The van der Waals surface area contributed by atoms with E-state index in [0.717, 1.165) is 27.3 Å². The zero-order valence-electron chi connectivity index (χ0n) is 16.1. The first-order valence-electron chi connectivity index (χ1n) is 9.31. The van der Waals surface area contributed by atoms with Crippen molar-refractivity contribution in [1.82, 2.24) is 10.2 Å². The van der Waals surface area contributed by atoms with Gasteiger partial charge in [-0.15, -0.1) is 10.2 Å². The van der Waals surface area contributed by atoms with Gasteiger partial charge >= 0.3 is 0 Å². The summed E-state index contributed by atoms with van der Waals surface area (Å²) in [6.07, 6.45) is 3.45. The summed E-state index contributed by atoms with van der Waals surface area (Å²) in [6, 6.07) is 16.2. The van der Waals surface area contributed by atoms with Crippen LogP contribution in [0.15, 0.2) is 52.9 Å². The van der Waals surface area contributed by atoms with Crippen molar-refractivity contribution in [3.05, 3.63) is 59.7 Å². The van der Waals surface area contributed by atoms with Gasteiger partial charge in [-0.3, -0.25) is 4.79 Å². The SMILES string of the molecule is CCCCc1ccc(NC(=O)CSc2nnc(Nc3ccc(C)cc3)s2)cc1. The highest BCUT2D eigenvalue weighted by Crippen LogP contribution is 2.27. The predicted octanol–water partition coefficient (Wildman–Crippen LogP) is 5.66. The summed E-state index contributed by atoms with van der Waals surface area (Å²) in [7, 11) is 0. The van der Waals surface area contributed by atoms with Gasteiger partial charge in [0, 0.05) is 11.4 Å². The fraction of sp³-hybridized carbons (Fsp3) is 0.286. The molecule has 1 heterocycles. The average molecular weight is 413 g/mol. The van der Waals surface area contributed by atoms with Crippen molar-refractivity contribution in [2.24, 2.45) is 0 Å². The quantitative estimate of drug-likeness (QED) is 0.444. The molecule has 0 saturated heterocycles. The Balaban J connectivity index is 1.45. The number of hydrogen-bond donors (Lipinski definition) is 2. The van der Waals surface area contributed by atoms with Gasteiger partial charge in [-0.1, -0.05) is 66.3 Å². The van der Waals surface area contributed by atoms with E-state index in [1.807, 2.05) is 36.4 Å². The highest BCUT2D eigenvalue weighted by atomic mass is 32.2. The van der Waals surface area contributed by atoms with Crippen LogP contribution in [0.3, 0.4) is 0 Å². The van der Waals surface area contributed by atoms with Crippen molar-refractivity contribution >= 4 is 45.5 Å². The van der Waals surface area contributed by atoms with Crippen LogP contribution in [-0.4, -0.2) is 21.9 Å². The molecule has 0 spiro atoms. The minimum atomic E-state index is -0.0467. The molecule has 0 atom stereocenters. The van der Waals surface area contributed by atoms with Gasteiger partial charge in [-0.25, -0.2) is 0 Å². The maximum absolute atomic E-state index is 12.2. The standard InChI is InChI=1S/C21H24N4OS2/c1-3-4-5-16-8-12-17(13-9-16)22-19(26)14-27-21-25-24-20(28-21)23-18-10-6-15(2)7-11-18/h6-13H,3-5,14H2,1-2H3,(H,22,26)(H,23,24). The Morgan fingerprint density at radius 2 is 1.75 bits per heavy atom. The van der Waals surface area contributed by atoms with E-state index in [1.54, 1.807) is 0 Å². The van der Waals surface area contributed by atoms with Crippen LogP contribution in [0.1, 0.15) is 30.9 Å². The van der Waals surface area contributed by atoms with Crippen LogP contribution in [0, 0.1) is 6.92 Å². The van der Waals surface area contributed by atoms with Gasteiger partial charge in [0.25, 0.3) is 0 Å². The molecule has 0 saturated carbocycles. The zero-order chi connectivity index (χ0) is 19.8. The molecule has 146 valence electrons. The van der Waals surface area contributed by atoms with E-state index in [1.165, 1.54) is 47.1 Å². The third-order valence-electron chi connectivity index (χ3n) is 4.09. The van der Waals surface area contributed by atoms with E-state index in [-0.39, 0.29) is 5.91 Å². The molecule has 5 nitrogen and oxygen atoms in total. The predicted molar refractivity (Wildman–Crippen MR) is 119 cm³/mol. The van der Waals surface area contributed by atoms with Crippen LogP contribution in [0.5, 0.6) is 0 Å². The highest BCUT2D eigenvalue weighted by molar-refractivity contribution is 8.01. The maximum atomic E-state index is 12.2. The first-order valence-corrected chi connectivity index (χ1v) is 11.1. The minimum absolute atomic E-state index is 0.0467. The molecule has 3 rings (SSSR count). The van der Waals surface area contributed by atoms with Gasteiger partial charge in [0.05, 0.1) is 5.75 Å². The summed E-state index contributed by atoms with van der Waals surface area (Å²) in [5.41, 5.74) is 4.31. The number of carbonyl (C=O) groups excluding carboxylic acids is 1. The number of unbranched alkanes of at least 4 members (excludes halogenated alkanes) is 1. The number of anilines is 3. The molecule has 0 aliphatic carbocycles. The van der Waals surface area contributed by atoms with Gasteiger partial charge in [-0.05, 0) is 49.6 Å². The number of hydrogen-bond acceptors (Lipinski definition) is 6. The van der Waals surface area contributed by atoms with Crippen LogP contribution in [-0.2, 0) is 11.2 Å². The Hall–Kier alpha value is -2.38. The fourth-order valence-corrected chi connectivity index (χ4v) is 4.11. The van der Waals surface area contributed by atoms with E-state index in [4.69, 9.17) is 0 Å². The first kappa shape index (κ1) is 20.4. The van der Waals surface area contributed by atoms with Crippen molar-refractivity contribution < 1.29 is 4.79 Å². The molecule has 0 aliphatic heterocycles. The number of nitrogens with zero attached hydrogens (tertiary/aromatic N) is 2. The number of benzene rings is 2. The van der Waals surface area contributed by atoms with Crippen molar-refractivity contribution in [1.29, 1.82) is 0 Å². The fourth-order valence-electron chi connectivity index (χ4n) is 2.54. The molecule has 7 heteroatoms. The van der Waals surface area contributed by atoms with E-state index in [0.29, 0.717) is 5.75 Å². The minimum Gasteiger partial charge on any atom is -0.330 e. The number of aromatic nitrogens is 2. The van der Waals surface area contributed by atoms with Crippen LogP contribution in [0.2, 0.25) is 0 Å². The molecule has 0 fully saturated rings. The number of nitrogens with one attached hydrogen (secondary N) is 2. The Labute approximate surface area is 174 Å². The lowest BCUT2D eigenvalue weighted by atomic mass is 10.1. The van der Waals surface area contributed by atoms with Crippen molar-refractivity contribution in [2.45, 2.75) is 37.4 Å². The molecule has 2 aromatic carbocycles. The Bertz CT molecular complexity index is 892. The monoisotopic (exact) mass is 412 g/mol. The lowest BCUT2D eigenvalue weighted by molar-refractivity contribution is -0.113. The van der Waals surface area contributed by atoms with E-state index in [9.17, 15) is 4.79 Å². The number of thioether (sulfide) groups is 1. The van der Waals surface area contributed by atoms with Gasteiger partial charge in [0.15, 0.2) is 4.34 Å². The Morgan fingerprint density at radius 3 is 2.46 bits per heavy atom. The molecule has 0 radical (unpaired) electrons. The summed E-state index contributed by atoms with van der Waals surface area (Å²) in [5, 5.41) is 15.1. The second kappa shape index (κ2) is 10.2. The number of aryl methyl sites for hydroxylation is 2. The second-order valence-corrected chi connectivity index (χ2v) is 8.70. The number of rotatable bonds is 9. The molecule has 2 N–H and O–H groups in total. The van der Waals surface area contributed by atoms with E-state index < -0.39 is 0 Å². The van der Waals surface area contributed by atoms with Crippen molar-refractivity contribution in [2.75, 3.05) is 16.4 Å². The number of carbonyl (C=O) groups is 1. The average Bonchev–Trinajstić information content (AvgIpc) is 3.15. The molecule has 0 unspecified atom stereocenters. The summed E-state index contributed by atoms with van der Waals surface area (Å²) < 4.78 is 0.764. The first-order chi connectivity index (χ1) is 13.6. The van der Waals surface area contributed by atoms with Crippen molar-refractivity contribution in [3.63, 3.8) is 0 Å². The molecule has 1 amide bonds. The van der Waals surface area contributed by atoms with Crippen LogP contribution in [0.25, 0.3) is 0 Å². The molecule has 0 bridgehead atoms. The summed E-state index contributed by atoms with van der Waals surface area (Å²) in [6.45, 7) is 4.24. The second-order valence-electron chi connectivity index (χ2n) is 6.50. The summed E-state index contributed by atoms with van der Waals surface area (Å²) >= 11 is 2.83. The molecular weight excluding hydrogens is 388 g/mol. The third-order valence-corrected chi connectivity index (χ3v) is 6.06. The Kier molecular flexibility index (Phi) is 7.45. The largest absolute Gasteiger partial charge is 0.330 e. The third kappa shape index (κ3) is 6.35. The number of amides is 1. The molecule has 1 aromatic heterocycles. The molecule has 0 aliphatic rings. The van der Waals surface area contributed by atoms with Gasteiger partial charge < -0.3 is 10.6 Å². The Morgan fingerprint density at radius 1 is 1.04 bits per heavy atom. The van der Waals surface area contributed by atoms with Crippen molar-refractivity contribution in [3.8, 4) is 0 Å². The van der Waals surface area contributed by atoms with Gasteiger partial charge in [0.1, 0.15) is 0 Å². The smallest absolute Gasteiger partial charge is 0.234 e. The van der Waals surface area contributed by atoms with Gasteiger partial charge in [-0.2, -0.15) is 0 Å². The lowest BCUT2D eigenvalue weighted by Crippen LogP contribution is -2.13. The van der Waals surface area contributed by atoms with E-state index in [2.05, 4.69) is 46.8 Å². The summed E-state index contributed by atoms with van der Waals surface area (Å²) in [4.78, 5) is 12.2. The van der Waals surface area contributed by atoms with E-state index >= 15 is 0 Å².